The number of carbonyl (C=O) groups excluding carboxylic acids is 2. The summed E-state index contributed by atoms with van der Waals surface area (Å²) < 4.78 is 39.3. The number of aryl methyl sites for hydroxylation is 1. The lowest BCUT2D eigenvalue weighted by atomic mass is 10.0. The third kappa shape index (κ3) is 5.38. The first-order valence-corrected chi connectivity index (χ1v) is 13.0. The van der Waals surface area contributed by atoms with Gasteiger partial charge in [0.2, 0.25) is 10.0 Å². The number of halogens is 1. The van der Waals surface area contributed by atoms with E-state index in [0.29, 0.717) is 16.9 Å². The van der Waals surface area contributed by atoms with E-state index in [1.165, 1.54) is 19.2 Å². The number of ether oxygens (including phenoxy) is 2. The second-order valence-electron chi connectivity index (χ2n) is 8.30. The lowest BCUT2D eigenvalue weighted by Gasteiger charge is -2.28. The summed E-state index contributed by atoms with van der Waals surface area (Å²) in [5.41, 5.74) is 2.01. The number of amides is 2. The highest BCUT2D eigenvalue weighted by Crippen LogP contribution is 2.33. The molecule has 0 bridgehead atoms. The smallest absolute Gasteiger partial charge is 0.417 e. The molecule has 0 unspecified atom stereocenters. The monoisotopic (exact) mass is 528 g/mol. The van der Waals surface area contributed by atoms with Crippen LogP contribution in [0.25, 0.3) is 0 Å². The Balaban J connectivity index is 1.72. The zero-order chi connectivity index (χ0) is 25.9. The number of benzene rings is 3. The molecule has 36 heavy (non-hydrogen) atoms. The van der Waals surface area contributed by atoms with Crippen molar-refractivity contribution in [2.75, 3.05) is 13.7 Å². The first-order chi connectivity index (χ1) is 17.2. The molecule has 0 spiro atoms. The first kappa shape index (κ1) is 25.7. The predicted molar refractivity (Wildman–Crippen MR) is 134 cm³/mol. The van der Waals surface area contributed by atoms with E-state index in [0.717, 1.165) is 10.5 Å². The van der Waals surface area contributed by atoms with Crippen molar-refractivity contribution >= 4 is 33.6 Å². The maximum atomic E-state index is 13.8. The van der Waals surface area contributed by atoms with Crippen LogP contribution in [0.4, 0.5) is 4.79 Å². The van der Waals surface area contributed by atoms with Crippen LogP contribution in [0, 0.1) is 6.92 Å². The Labute approximate surface area is 214 Å². The molecule has 0 aromatic heterocycles. The summed E-state index contributed by atoms with van der Waals surface area (Å²) >= 11 is 6.73. The van der Waals surface area contributed by atoms with E-state index in [4.69, 9.17) is 21.1 Å². The fourth-order valence-electron chi connectivity index (χ4n) is 3.90. The zero-order valence-corrected chi connectivity index (χ0v) is 21.2. The van der Waals surface area contributed by atoms with Gasteiger partial charge in [0.05, 0.1) is 17.4 Å². The van der Waals surface area contributed by atoms with E-state index in [1.54, 1.807) is 60.7 Å². The third-order valence-corrected chi connectivity index (χ3v) is 7.86. The van der Waals surface area contributed by atoms with Crippen molar-refractivity contribution in [1.29, 1.82) is 0 Å². The van der Waals surface area contributed by atoms with Crippen molar-refractivity contribution in [2.45, 2.75) is 29.3 Å². The van der Waals surface area contributed by atoms with Gasteiger partial charge in [0.1, 0.15) is 24.4 Å². The Morgan fingerprint density at radius 2 is 1.69 bits per heavy atom. The number of hydrogen-bond acceptors (Lipinski definition) is 6. The number of cyclic esters (lactones) is 1. The van der Waals surface area contributed by atoms with Gasteiger partial charge in [0.15, 0.2) is 0 Å². The third-order valence-electron chi connectivity index (χ3n) is 5.90. The summed E-state index contributed by atoms with van der Waals surface area (Å²) in [7, 11) is -2.66. The highest BCUT2D eigenvalue weighted by molar-refractivity contribution is 7.89. The molecular weight excluding hydrogens is 504 g/mol. The quantitative estimate of drug-likeness (QED) is 0.436. The van der Waals surface area contributed by atoms with E-state index in [9.17, 15) is 18.0 Å². The lowest BCUT2D eigenvalue weighted by Crippen LogP contribution is -2.51. The van der Waals surface area contributed by atoms with Crippen LogP contribution in [0.15, 0.2) is 83.8 Å². The molecule has 1 N–H and O–H groups in total. The Morgan fingerprint density at radius 1 is 1.06 bits per heavy atom. The molecule has 4 rings (SSSR count). The fourth-order valence-corrected chi connectivity index (χ4v) is 5.50. The molecule has 1 aliphatic rings. The maximum Gasteiger partial charge on any atom is 0.417 e. The number of sulfonamides is 1. The molecule has 1 heterocycles. The summed E-state index contributed by atoms with van der Waals surface area (Å²) in [6.07, 6.45) is -0.869. The van der Waals surface area contributed by atoms with Crippen molar-refractivity contribution in [2.24, 2.45) is 0 Å². The molecule has 1 aliphatic heterocycles. The largest absolute Gasteiger partial charge is 0.497 e. The normalized spacial score (nSPS) is 17.4. The highest BCUT2D eigenvalue weighted by atomic mass is 35.5. The van der Waals surface area contributed by atoms with Crippen molar-refractivity contribution < 1.29 is 27.5 Å². The van der Waals surface area contributed by atoms with Crippen molar-refractivity contribution in [3.05, 3.63) is 95.6 Å². The minimum absolute atomic E-state index is 0.0342. The molecule has 0 radical (unpaired) electrons. The van der Waals surface area contributed by atoms with Crippen LogP contribution in [-0.4, -0.2) is 45.1 Å². The summed E-state index contributed by atoms with van der Waals surface area (Å²) in [4.78, 5) is 27.4. The van der Waals surface area contributed by atoms with Crippen molar-refractivity contribution in [1.82, 2.24) is 9.62 Å². The number of nitrogens with one attached hydrogen (secondary N) is 1. The molecule has 188 valence electrons. The SMILES string of the molecule is COc1ccc([C@H](Cl)[C@H](NS(=O)(=O)c2ccc(C)cc2)C(=O)N2C(=O)OC[C@@H]2c2ccccc2)cc1. The van der Waals surface area contributed by atoms with E-state index in [1.807, 2.05) is 13.0 Å². The van der Waals surface area contributed by atoms with Gasteiger partial charge in [0.25, 0.3) is 5.91 Å². The van der Waals surface area contributed by atoms with E-state index >= 15 is 0 Å². The van der Waals surface area contributed by atoms with Gasteiger partial charge >= 0.3 is 6.09 Å². The molecule has 10 heteroatoms. The summed E-state index contributed by atoms with van der Waals surface area (Å²) in [6, 6.07) is 19.4. The average molecular weight is 529 g/mol. The van der Waals surface area contributed by atoms with E-state index in [2.05, 4.69) is 4.72 Å². The zero-order valence-electron chi connectivity index (χ0n) is 19.6. The van der Waals surface area contributed by atoms with Crippen LogP contribution in [0.5, 0.6) is 5.75 Å². The number of imide groups is 1. The standard InChI is InChI=1S/C26H25ClN2O6S/c1-17-8-14-21(15-9-17)36(32,33)28-24(23(27)19-10-12-20(34-2)13-11-19)25(30)29-22(16-35-26(29)31)18-6-4-3-5-7-18/h3-15,22-24,28H,16H2,1-2H3/t22-,23+,24+/m1/s1. The Kier molecular flexibility index (Phi) is 7.63. The Morgan fingerprint density at radius 3 is 2.31 bits per heavy atom. The number of carbonyl (C=O) groups is 2. The van der Waals surface area contributed by atoms with Gasteiger partial charge in [0, 0.05) is 0 Å². The number of alkyl halides is 1. The molecule has 1 saturated heterocycles. The number of hydrogen-bond donors (Lipinski definition) is 1. The van der Waals surface area contributed by atoms with Crippen molar-refractivity contribution in [3.63, 3.8) is 0 Å². The van der Waals surface area contributed by atoms with E-state index < -0.39 is 39.5 Å². The second-order valence-corrected chi connectivity index (χ2v) is 10.5. The number of nitrogens with zero attached hydrogens (tertiary/aromatic N) is 1. The second kappa shape index (κ2) is 10.7. The van der Waals surface area contributed by atoms with Crippen LogP contribution < -0.4 is 9.46 Å². The molecule has 2 amide bonds. The molecule has 3 aromatic carbocycles. The van der Waals surface area contributed by atoms with Gasteiger partial charge in [-0.05, 0) is 42.3 Å². The molecule has 0 saturated carbocycles. The Bertz CT molecular complexity index is 1330. The van der Waals surface area contributed by atoms with Crippen LogP contribution in [0.2, 0.25) is 0 Å². The van der Waals surface area contributed by atoms with Gasteiger partial charge in [-0.25, -0.2) is 18.1 Å². The molecule has 8 nitrogen and oxygen atoms in total. The lowest BCUT2D eigenvalue weighted by molar-refractivity contribution is -0.131. The highest BCUT2D eigenvalue weighted by Gasteiger charge is 2.45. The maximum absolute atomic E-state index is 13.8. The topological polar surface area (TPSA) is 102 Å². The van der Waals surface area contributed by atoms with Crippen LogP contribution >= 0.6 is 11.6 Å². The molecule has 3 atom stereocenters. The predicted octanol–water partition coefficient (Wildman–Crippen LogP) is 4.35. The minimum Gasteiger partial charge on any atom is -0.497 e. The number of rotatable bonds is 8. The average Bonchev–Trinajstić information content (AvgIpc) is 3.28. The van der Waals surface area contributed by atoms with Gasteiger partial charge in [-0.3, -0.25) is 4.79 Å². The summed E-state index contributed by atoms with van der Waals surface area (Å²) in [6.45, 7) is 1.78. The van der Waals surface area contributed by atoms with Crippen molar-refractivity contribution in [3.8, 4) is 5.75 Å². The van der Waals surface area contributed by atoms with Crippen LogP contribution in [0.1, 0.15) is 28.1 Å². The van der Waals surface area contributed by atoms with Gasteiger partial charge in [-0.15, -0.1) is 11.6 Å². The van der Waals surface area contributed by atoms with Crippen LogP contribution in [-0.2, 0) is 19.6 Å². The first-order valence-electron chi connectivity index (χ1n) is 11.1. The van der Waals surface area contributed by atoms with Crippen LogP contribution in [0.3, 0.4) is 0 Å². The minimum atomic E-state index is -4.18. The molecular formula is C26H25ClN2O6S. The summed E-state index contributed by atoms with van der Waals surface area (Å²) in [5.74, 6) is -0.254. The van der Waals surface area contributed by atoms with E-state index in [-0.39, 0.29) is 11.5 Å². The fraction of sp³-hybridized carbons (Fsp3) is 0.231. The Hall–Kier alpha value is -3.40. The van der Waals surface area contributed by atoms with Gasteiger partial charge in [-0.1, -0.05) is 60.2 Å². The molecule has 1 fully saturated rings. The van der Waals surface area contributed by atoms with Gasteiger partial charge in [-0.2, -0.15) is 4.72 Å². The number of methoxy groups -OCH3 is 1. The molecule has 0 aliphatic carbocycles. The molecule has 3 aromatic rings. The van der Waals surface area contributed by atoms with Gasteiger partial charge < -0.3 is 9.47 Å². The summed E-state index contributed by atoms with van der Waals surface area (Å²) in [5, 5.41) is -1.14.